The van der Waals surface area contributed by atoms with Gasteiger partial charge in [-0.15, -0.1) is 11.8 Å². The zero-order valence-corrected chi connectivity index (χ0v) is 10.7. The van der Waals surface area contributed by atoms with Gasteiger partial charge in [0.05, 0.1) is 11.7 Å². The van der Waals surface area contributed by atoms with Gasteiger partial charge in [0, 0.05) is 34.3 Å². The molecule has 2 N–H and O–H groups in total. The molecule has 3 nitrogen and oxygen atoms in total. The van der Waals surface area contributed by atoms with Crippen LogP contribution in [-0.4, -0.2) is 15.7 Å². The van der Waals surface area contributed by atoms with Crippen LogP contribution in [0, 0.1) is 0 Å². The lowest BCUT2D eigenvalue weighted by atomic mass is 10.3. The Labute approximate surface area is 109 Å². The van der Waals surface area contributed by atoms with Crippen LogP contribution in [0.5, 0.6) is 0 Å². The van der Waals surface area contributed by atoms with Crippen LogP contribution in [0.1, 0.15) is 11.7 Å². The number of aromatic nitrogens is 2. The molecule has 5 heteroatoms. The third-order valence-electron chi connectivity index (χ3n) is 2.19. The van der Waals surface area contributed by atoms with E-state index in [4.69, 9.17) is 17.3 Å². The molecule has 2 rings (SSSR count). The third kappa shape index (κ3) is 3.70. The molecule has 0 radical (unpaired) electrons. The van der Waals surface area contributed by atoms with E-state index in [0.717, 1.165) is 21.4 Å². The predicted octanol–water partition coefficient (Wildman–Crippen LogP) is 2.92. The zero-order valence-electron chi connectivity index (χ0n) is 9.08. The average Bonchev–Trinajstić information content (AvgIpc) is 2.37. The molecular formula is C12H12ClN3S. The molecule has 17 heavy (non-hydrogen) atoms. The summed E-state index contributed by atoms with van der Waals surface area (Å²) >= 11 is 7.57. The molecular weight excluding hydrogens is 254 g/mol. The van der Waals surface area contributed by atoms with Crippen LogP contribution in [0.25, 0.3) is 0 Å². The van der Waals surface area contributed by atoms with E-state index in [0.29, 0.717) is 0 Å². The van der Waals surface area contributed by atoms with E-state index in [1.807, 2.05) is 24.3 Å². The van der Waals surface area contributed by atoms with Gasteiger partial charge in [-0.1, -0.05) is 17.7 Å². The van der Waals surface area contributed by atoms with Crippen molar-refractivity contribution < 1.29 is 0 Å². The van der Waals surface area contributed by atoms with Crippen molar-refractivity contribution in [3.8, 4) is 0 Å². The Morgan fingerprint density at radius 1 is 1.35 bits per heavy atom. The maximum Gasteiger partial charge on any atom is 0.0762 e. The molecule has 1 aromatic heterocycles. The van der Waals surface area contributed by atoms with E-state index in [2.05, 4.69) is 9.97 Å². The molecule has 1 unspecified atom stereocenters. The number of halogens is 1. The molecule has 88 valence electrons. The quantitative estimate of drug-likeness (QED) is 0.864. The molecule has 1 heterocycles. The topological polar surface area (TPSA) is 51.8 Å². The average molecular weight is 266 g/mol. The fraction of sp³-hybridized carbons (Fsp3) is 0.167. The van der Waals surface area contributed by atoms with Crippen LogP contribution < -0.4 is 5.73 Å². The van der Waals surface area contributed by atoms with Gasteiger partial charge in [0.1, 0.15) is 0 Å². The van der Waals surface area contributed by atoms with Crippen molar-refractivity contribution in [1.82, 2.24) is 9.97 Å². The predicted molar refractivity (Wildman–Crippen MR) is 71.1 cm³/mol. The third-order valence-corrected chi connectivity index (χ3v) is 3.54. The van der Waals surface area contributed by atoms with Crippen molar-refractivity contribution in [3.05, 3.63) is 53.6 Å². The van der Waals surface area contributed by atoms with Crippen LogP contribution >= 0.6 is 23.4 Å². The van der Waals surface area contributed by atoms with Gasteiger partial charge in [-0.05, 0) is 18.2 Å². The first-order valence-electron chi connectivity index (χ1n) is 5.15. The van der Waals surface area contributed by atoms with Crippen LogP contribution in [0.3, 0.4) is 0 Å². The fourth-order valence-electron chi connectivity index (χ4n) is 1.33. The number of nitrogens with two attached hydrogens (primary N) is 1. The number of rotatable bonds is 4. The van der Waals surface area contributed by atoms with E-state index in [9.17, 15) is 0 Å². The lowest BCUT2D eigenvalue weighted by Gasteiger charge is -2.09. The molecule has 2 aromatic rings. The first kappa shape index (κ1) is 12.4. The number of benzene rings is 1. The van der Waals surface area contributed by atoms with Gasteiger partial charge in [-0.3, -0.25) is 9.97 Å². The fourth-order valence-corrected chi connectivity index (χ4v) is 2.51. The van der Waals surface area contributed by atoms with E-state index in [1.54, 1.807) is 30.4 Å². The van der Waals surface area contributed by atoms with Crippen molar-refractivity contribution in [2.24, 2.45) is 5.73 Å². The zero-order chi connectivity index (χ0) is 12.1. The molecule has 1 aromatic carbocycles. The molecule has 0 aliphatic carbocycles. The minimum Gasteiger partial charge on any atom is -0.322 e. The Kier molecular flexibility index (Phi) is 4.36. The summed E-state index contributed by atoms with van der Waals surface area (Å²) in [5, 5.41) is 0.739. The van der Waals surface area contributed by atoms with Crippen LogP contribution in [0.4, 0.5) is 0 Å². The highest BCUT2D eigenvalue weighted by molar-refractivity contribution is 7.99. The van der Waals surface area contributed by atoms with E-state index in [1.165, 1.54) is 0 Å². The highest BCUT2D eigenvalue weighted by atomic mass is 35.5. The maximum atomic E-state index is 6.02. The lowest BCUT2D eigenvalue weighted by molar-refractivity contribution is 0.783. The first-order valence-corrected chi connectivity index (χ1v) is 6.52. The molecule has 0 bridgehead atoms. The highest BCUT2D eigenvalue weighted by Gasteiger charge is 2.08. The first-order chi connectivity index (χ1) is 8.25. The van der Waals surface area contributed by atoms with Crippen molar-refractivity contribution in [2.45, 2.75) is 10.9 Å². The summed E-state index contributed by atoms with van der Waals surface area (Å²) in [4.78, 5) is 9.29. The number of hydrogen-bond donors (Lipinski definition) is 1. The van der Waals surface area contributed by atoms with Gasteiger partial charge in [0.15, 0.2) is 0 Å². The SMILES string of the molecule is NC(CSc1cccc(Cl)c1)c1cnccn1. The van der Waals surface area contributed by atoms with E-state index >= 15 is 0 Å². The lowest BCUT2D eigenvalue weighted by Crippen LogP contribution is -2.14. The van der Waals surface area contributed by atoms with Crippen LogP contribution in [-0.2, 0) is 0 Å². The standard InChI is InChI=1S/C12H12ClN3S/c13-9-2-1-3-10(6-9)17-8-11(14)12-7-15-4-5-16-12/h1-7,11H,8,14H2. The second-order valence-electron chi connectivity index (χ2n) is 3.51. The number of hydrogen-bond acceptors (Lipinski definition) is 4. The molecule has 0 aliphatic rings. The molecule has 1 atom stereocenters. The Balaban J connectivity index is 1.95. The summed E-state index contributed by atoms with van der Waals surface area (Å²) in [6.45, 7) is 0. The Bertz CT molecular complexity index is 478. The Morgan fingerprint density at radius 2 is 2.24 bits per heavy atom. The van der Waals surface area contributed by atoms with Crippen LogP contribution in [0.15, 0.2) is 47.8 Å². The number of thioether (sulfide) groups is 1. The monoisotopic (exact) mass is 265 g/mol. The van der Waals surface area contributed by atoms with Crippen molar-refractivity contribution in [1.29, 1.82) is 0 Å². The highest BCUT2D eigenvalue weighted by Crippen LogP contribution is 2.24. The Hall–Kier alpha value is -1.10. The smallest absolute Gasteiger partial charge is 0.0762 e. The van der Waals surface area contributed by atoms with E-state index in [-0.39, 0.29) is 6.04 Å². The summed E-state index contributed by atoms with van der Waals surface area (Å²) in [5.41, 5.74) is 6.83. The minimum absolute atomic E-state index is 0.118. The van der Waals surface area contributed by atoms with Gasteiger partial charge in [0.25, 0.3) is 0 Å². The molecule has 0 saturated carbocycles. The van der Waals surface area contributed by atoms with Gasteiger partial charge in [0.2, 0.25) is 0 Å². The summed E-state index contributed by atoms with van der Waals surface area (Å²) < 4.78 is 0. The van der Waals surface area contributed by atoms with E-state index < -0.39 is 0 Å². The summed E-state index contributed by atoms with van der Waals surface area (Å²) in [7, 11) is 0. The van der Waals surface area contributed by atoms with Gasteiger partial charge in [-0.25, -0.2) is 0 Å². The molecule has 0 saturated heterocycles. The summed E-state index contributed by atoms with van der Waals surface area (Å²) in [5.74, 6) is 0.749. The summed E-state index contributed by atoms with van der Waals surface area (Å²) in [6.07, 6.45) is 4.99. The molecule has 0 aliphatic heterocycles. The van der Waals surface area contributed by atoms with Gasteiger partial charge < -0.3 is 5.73 Å². The summed E-state index contributed by atoms with van der Waals surface area (Å²) in [6, 6.07) is 7.61. The van der Waals surface area contributed by atoms with Gasteiger partial charge >= 0.3 is 0 Å². The Morgan fingerprint density at radius 3 is 2.94 bits per heavy atom. The second-order valence-corrected chi connectivity index (χ2v) is 5.03. The van der Waals surface area contributed by atoms with Crippen molar-refractivity contribution in [2.75, 3.05) is 5.75 Å². The second kappa shape index (κ2) is 6.00. The van der Waals surface area contributed by atoms with Gasteiger partial charge in [-0.2, -0.15) is 0 Å². The molecule has 0 fully saturated rings. The minimum atomic E-state index is -0.118. The normalized spacial score (nSPS) is 12.4. The maximum absolute atomic E-state index is 6.02. The van der Waals surface area contributed by atoms with Crippen molar-refractivity contribution >= 4 is 23.4 Å². The molecule has 0 spiro atoms. The molecule has 0 amide bonds. The number of nitrogens with zero attached hydrogens (tertiary/aromatic N) is 2. The van der Waals surface area contributed by atoms with Crippen molar-refractivity contribution in [3.63, 3.8) is 0 Å². The van der Waals surface area contributed by atoms with Crippen LogP contribution in [0.2, 0.25) is 5.02 Å². The largest absolute Gasteiger partial charge is 0.322 e.